The van der Waals surface area contributed by atoms with Crippen molar-refractivity contribution in [2.24, 2.45) is 0 Å². The van der Waals surface area contributed by atoms with Crippen LogP contribution in [0.3, 0.4) is 0 Å². The van der Waals surface area contributed by atoms with Gasteiger partial charge in [0.1, 0.15) is 11.4 Å². The van der Waals surface area contributed by atoms with Gasteiger partial charge in [0.25, 0.3) is 0 Å². The molecule has 0 atom stereocenters. The third kappa shape index (κ3) is 2.33. The molecule has 0 fully saturated rings. The molecule has 0 saturated carbocycles. The number of hydrogen-bond donors (Lipinski definition) is 0. The molecule has 3 rings (SSSR count). The Kier molecular flexibility index (Phi) is 3.86. The van der Waals surface area contributed by atoms with E-state index in [0.717, 1.165) is 22.7 Å². The maximum atomic E-state index is 5.14. The standard InChI is InChI=1S/C14H12N2O.HI/c1-17-12-7-5-11(6-8-12)13-10-16-9-3-2-4-14(16)15-13;/h2-10H,1H3;1H/p-1. The topological polar surface area (TPSA) is 26.5 Å². The Balaban J connectivity index is 0.00000120. The Morgan fingerprint density at radius 2 is 1.83 bits per heavy atom. The number of imidazole rings is 1. The molecule has 18 heavy (non-hydrogen) atoms. The molecule has 0 amide bonds. The average molecular weight is 351 g/mol. The number of rotatable bonds is 2. The first kappa shape index (κ1) is 12.9. The molecule has 0 N–H and O–H groups in total. The minimum absolute atomic E-state index is 0. The van der Waals surface area contributed by atoms with Gasteiger partial charge in [-0.1, -0.05) is 6.07 Å². The molecule has 0 aliphatic heterocycles. The molecule has 0 aliphatic carbocycles. The number of pyridine rings is 1. The second-order valence-electron chi connectivity index (χ2n) is 3.82. The molecule has 0 spiro atoms. The first-order chi connectivity index (χ1) is 8.36. The smallest absolute Gasteiger partial charge is 0.137 e. The summed E-state index contributed by atoms with van der Waals surface area (Å²) in [6, 6.07) is 13.9. The first-order valence-electron chi connectivity index (χ1n) is 5.45. The monoisotopic (exact) mass is 351 g/mol. The zero-order valence-electron chi connectivity index (χ0n) is 9.88. The SMILES string of the molecule is COc1ccc(-c2cn3ccccc3n2)cc1.[I-]. The van der Waals surface area contributed by atoms with Crippen molar-refractivity contribution < 1.29 is 28.7 Å². The fourth-order valence-electron chi connectivity index (χ4n) is 1.84. The first-order valence-corrected chi connectivity index (χ1v) is 5.45. The maximum absolute atomic E-state index is 5.14. The summed E-state index contributed by atoms with van der Waals surface area (Å²) in [6.45, 7) is 0. The highest BCUT2D eigenvalue weighted by molar-refractivity contribution is 5.63. The van der Waals surface area contributed by atoms with E-state index in [2.05, 4.69) is 4.98 Å². The molecule has 0 saturated heterocycles. The van der Waals surface area contributed by atoms with Crippen LogP contribution in [0.1, 0.15) is 0 Å². The molecule has 0 radical (unpaired) electrons. The van der Waals surface area contributed by atoms with Crippen molar-refractivity contribution in [2.75, 3.05) is 7.11 Å². The van der Waals surface area contributed by atoms with Gasteiger partial charge < -0.3 is 33.1 Å². The Labute approximate surface area is 122 Å². The van der Waals surface area contributed by atoms with E-state index in [1.807, 2.05) is 59.3 Å². The summed E-state index contributed by atoms with van der Waals surface area (Å²) in [5, 5.41) is 0. The lowest BCUT2D eigenvalue weighted by molar-refractivity contribution is -0.00000377. The van der Waals surface area contributed by atoms with Gasteiger partial charge in [0.2, 0.25) is 0 Å². The van der Waals surface area contributed by atoms with Crippen LogP contribution < -0.4 is 28.7 Å². The molecule has 0 unspecified atom stereocenters. The molecule has 4 heteroatoms. The van der Waals surface area contributed by atoms with Crippen LogP contribution in [0.15, 0.2) is 54.9 Å². The normalized spacial score (nSPS) is 10.1. The number of fused-ring (bicyclic) bond motifs is 1. The van der Waals surface area contributed by atoms with Gasteiger partial charge >= 0.3 is 0 Å². The fourth-order valence-corrected chi connectivity index (χ4v) is 1.84. The molecule has 1 aromatic carbocycles. The summed E-state index contributed by atoms with van der Waals surface area (Å²) in [7, 11) is 1.67. The van der Waals surface area contributed by atoms with E-state index in [1.54, 1.807) is 7.11 Å². The second kappa shape index (κ2) is 5.39. The summed E-state index contributed by atoms with van der Waals surface area (Å²) < 4.78 is 7.15. The Morgan fingerprint density at radius 1 is 1.06 bits per heavy atom. The van der Waals surface area contributed by atoms with Crippen LogP contribution in [0.25, 0.3) is 16.9 Å². The van der Waals surface area contributed by atoms with Crippen molar-refractivity contribution in [1.29, 1.82) is 0 Å². The van der Waals surface area contributed by atoms with E-state index in [4.69, 9.17) is 4.74 Å². The zero-order valence-corrected chi connectivity index (χ0v) is 12.0. The highest BCUT2D eigenvalue weighted by Gasteiger charge is 2.03. The van der Waals surface area contributed by atoms with Gasteiger partial charge in [-0.05, 0) is 36.4 Å². The van der Waals surface area contributed by atoms with E-state index in [9.17, 15) is 0 Å². The Morgan fingerprint density at radius 3 is 2.50 bits per heavy atom. The predicted molar refractivity (Wildman–Crippen MR) is 67.2 cm³/mol. The van der Waals surface area contributed by atoms with Crippen LogP contribution in [0, 0.1) is 0 Å². The minimum Gasteiger partial charge on any atom is -1.00 e. The summed E-state index contributed by atoms with van der Waals surface area (Å²) in [5.41, 5.74) is 3.02. The third-order valence-electron chi connectivity index (χ3n) is 2.75. The lowest BCUT2D eigenvalue weighted by Crippen LogP contribution is -3.00. The molecule has 3 aromatic rings. The number of halogens is 1. The number of hydrogen-bond acceptors (Lipinski definition) is 2. The van der Waals surface area contributed by atoms with Gasteiger partial charge in [-0.3, -0.25) is 0 Å². The molecule has 2 heterocycles. The lowest BCUT2D eigenvalue weighted by Gasteiger charge is -1.99. The van der Waals surface area contributed by atoms with E-state index in [1.165, 1.54) is 0 Å². The molecule has 0 aliphatic rings. The number of methoxy groups -OCH3 is 1. The quantitative estimate of drug-likeness (QED) is 0.609. The Hall–Kier alpha value is -1.56. The van der Waals surface area contributed by atoms with Crippen molar-refractivity contribution in [2.45, 2.75) is 0 Å². The third-order valence-corrected chi connectivity index (χ3v) is 2.75. The molecule has 2 aromatic heterocycles. The highest BCUT2D eigenvalue weighted by atomic mass is 127. The van der Waals surface area contributed by atoms with Crippen LogP contribution in [-0.4, -0.2) is 16.5 Å². The van der Waals surface area contributed by atoms with Crippen LogP contribution in [-0.2, 0) is 0 Å². The predicted octanol–water partition coefficient (Wildman–Crippen LogP) is 0.0139. The van der Waals surface area contributed by atoms with Gasteiger partial charge in [0.05, 0.1) is 12.8 Å². The van der Waals surface area contributed by atoms with Crippen molar-refractivity contribution in [3.63, 3.8) is 0 Å². The van der Waals surface area contributed by atoms with Crippen molar-refractivity contribution >= 4 is 5.65 Å². The highest BCUT2D eigenvalue weighted by Crippen LogP contribution is 2.21. The summed E-state index contributed by atoms with van der Waals surface area (Å²) in [4.78, 5) is 4.56. The Bertz CT molecular complexity index is 613. The number of nitrogens with zero attached hydrogens (tertiary/aromatic N) is 2. The van der Waals surface area contributed by atoms with Gasteiger partial charge in [0, 0.05) is 18.0 Å². The van der Waals surface area contributed by atoms with Gasteiger partial charge in [0.15, 0.2) is 0 Å². The largest absolute Gasteiger partial charge is 1.00 e. The molecule has 0 bridgehead atoms. The van der Waals surface area contributed by atoms with Crippen LogP contribution in [0.4, 0.5) is 0 Å². The minimum atomic E-state index is 0. The summed E-state index contributed by atoms with van der Waals surface area (Å²) >= 11 is 0. The number of benzene rings is 1. The van der Waals surface area contributed by atoms with Crippen molar-refractivity contribution in [3.8, 4) is 17.0 Å². The van der Waals surface area contributed by atoms with E-state index < -0.39 is 0 Å². The fraction of sp³-hybridized carbons (Fsp3) is 0.0714. The molecular formula is C14H12IN2O-. The number of ether oxygens (including phenoxy) is 1. The number of aromatic nitrogens is 2. The van der Waals surface area contributed by atoms with Gasteiger partial charge in [-0.15, -0.1) is 0 Å². The summed E-state index contributed by atoms with van der Waals surface area (Å²) in [5.74, 6) is 0.859. The average Bonchev–Trinajstić information content (AvgIpc) is 2.82. The van der Waals surface area contributed by atoms with Gasteiger partial charge in [-0.25, -0.2) is 4.98 Å². The second-order valence-corrected chi connectivity index (χ2v) is 3.82. The zero-order chi connectivity index (χ0) is 11.7. The van der Waals surface area contributed by atoms with Crippen LogP contribution in [0.2, 0.25) is 0 Å². The van der Waals surface area contributed by atoms with Crippen molar-refractivity contribution in [3.05, 3.63) is 54.9 Å². The molecule has 3 nitrogen and oxygen atoms in total. The van der Waals surface area contributed by atoms with Gasteiger partial charge in [-0.2, -0.15) is 0 Å². The molecule has 92 valence electrons. The lowest BCUT2D eigenvalue weighted by atomic mass is 10.2. The van der Waals surface area contributed by atoms with Crippen LogP contribution >= 0.6 is 0 Å². The van der Waals surface area contributed by atoms with E-state index in [-0.39, 0.29) is 24.0 Å². The van der Waals surface area contributed by atoms with E-state index >= 15 is 0 Å². The van der Waals surface area contributed by atoms with Crippen molar-refractivity contribution in [1.82, 2.24) is 9.38 Å². The van der Waals surface area contributed by atoms with Crippen LogP contribution in [0.5, 0.6) is 5.75 Å². The summed E-state index contributed by atoms with van der Waals surface area (Å²) in [6.07, 6.45) is 4.02. The molecular weight excluding hydrogens is 339 g/mol. The van der Waals surface area contributed by atoms with E-state index in [0.29, 0.717) is 0 Å². The maximum Gasteiger partial charge on any atom is 0.137 e.